The first-order chi connectivity index (χ1) is 11.6. The van der Waals surface area contributed by atoms with Gasteiger partial charge in [0.05, 0.1) is 23.4 Å². The molecule has 3 rings (SSSR count). The summed E-state index contributed by atoms with van der Waals surface area (Å²) in [5.74, 6) is -5.37. The van der Waals surface area contributed by atoms with Gasteiger partial charge >= 0.3 is 18.2 Å². The van der Waals surface area contributed by atoms with Crippen LogP contribution in [0.4, 0.5) is 18.0 Å². The number of nitrogens with one attached hydrogen (secondary N) is 2. The Morgan fingerprint density at radius 2 is 1.96 bits per heavy atom. The van der Waals surface area contributed by atoms with E-state index in [0.29, 0.717) is 19.3 Å². The fraction of sp³-hybridized carbons (Fsp3) is 0.800. The van der Waals surface area contributed by atoms with Crippen molar-refractivity contribution in [3.8, 4) is 0 Å². The van der Waals surface area contributed by atoms with Crippen molar-refractivity contribution < 1.29 is 32.7 Å². The lowest BCUT2D eigenvalue weighted by atomic mass is 9.68. The van der Waals surface area contributed by atoms with E-state index in [2.05, 4.69) is 10.6 Å². The second kappa shape index (κ2) is 6.06. The summed E-state index contributed by atoms with van der Waals surface area (Å²) >= 11 is 0. The van der Waals surface area contributed by atoms with Gasteiger partial charge in [-0.15, -0.1) is 0 Å². The third-order valence-corrected chi connectivity index (χ3v) is 5.60. The van der Waals surface area contributed by atoms with Crippen molar-refractivity contribution >= 4 is 17.9 Å². The minimum absolute atomic E-state index is 0.0885. The van der Waals surface area contributed by atoms with Crippen molar-refractivity contribution in [1.82, 2.24) is 15.5 Å². The second-order valence-electron chi connectivity index (χ2n) is 7.10. The summed E-state index contributed by atoms with van der Waals surface area (Å²) in [4.78, 5) is 36.0. The van der Waals surface area contributed by atoms with E-state index >= 15 is 0 Å². The van der Waals surface area contributed by atoms with Crippen LogP contribution < -0.4 is 10.6 Å². The number of carbonyl (C=O) groups is 3. The number of carboxylic acids is 1. The van der Waals surface area contributed by atoms with Gasteiger partial charge in [-0.2, -0.15) is 13.2 Å². The smallest absolute Gasteiger partial charge is 0.394 e. The van der Waals surface area contributed by atoms with E-state index in [1.54, 1.807) is 0 Å². The minimum Gasteiger partial charge on any atom is -0.481 e. The van der Waals surface area contributed by atoms with Crippen molar-refractivity contribution in [1.29, 1.82) is 0 Å². The second-order valence-corrected chi connectivity index (χ2v) is 7.10. The molecule has 7 nitrogen and oxygen atoms in total. The number of hydrogen-bond acceptors (Lipinski definition) is 3. The molecule has 1 unspecified atom stereocenters. The van der Waals surface area contributed by atoms with Crippen LogP contribution in [-0.4, -0.2) is 58.8 Å². The molecule has 0 aromatic heterocycles. The summed E-state index contributed by atoms with van der Waals surface area (Å²) in [6.07, 6.45) is -1.66. The van der Waals surface area contributed by atoms with Gasteiger partial charge in [0.15, 0.2) is 0 Å². The van der Waals surface area contributed by atoms with Gasteiger partial charge in [-0.3, -0.25) is 9.59 Å². The van der Waals surface area contributed by atoms with E-state index < -0.39 is 48.6 Å². The molecule has 0 bridgehead atoms. The molecule has 0 radical (unpaired) electrons. The molecular weight excluding hydrogens is 343 g/mol. The van der Waals surface area contributed by atoms with Crippen LogP contribution in [0.3, 0.4) is 0 Å². The van der Waals surface area contributed by atoms with Crippen LogP contribution in [0.2, 0.25) is 0 Å². The quantitative estimate of drug-likeness (QED) is 0.684. The van der Waals surface area contributed by atoms with E-state index in [1.807, 2.05) is 0 Å². The lowest BCUT2D eigenvalue weighted by Gasteiger charge is -2.51. The van der Waals surface area contributed by atoms with Gasteiger partial charge in [0.2, 0.25) is 5.91 Å². The highest BCUT2D eigenvalue weighted by Crippen LogP contribution is 2.40. The number of rotatable bonds is 2. The SMILES string of the molecule is O=C1CCC(NC(=O)N2C[C@@H](C(F)(F)F)[C@H](C(=O)O)C2)C2(CCC2)N1. The van der Waals surface area contributed by atoms with Gasteiger partial charge in [0.25, 0.3) is 0 Å². The number of nitrogens with zero attached hydrogens (tertiary/aromatic N) is 1. The largest absolute Gasteiger partial charge is 0.481 e. The van der Waals surface area contributed by atoms with Gasteiger partial charge < -0.3 is 20.6 Å². The molecule has 2 aliphatic heterocycles. The maximum absolute atomic E-state index is 13.0. The first-order valence-electron chi connectivity index (χ1n) is 8.28. The molecule has 3 aliphatic rings. The number of alkyl halides is 3. The summed E-state index contributed by atoms with van der Waals surface area (Å²) in [6.45, 7) is -1.14. The number of carboxylic acid groups (broad SMARTS) is 1. The van der Waals surface area contributed by atoms with Crippen molar-refractivity contribution in [3.63, 3.8) is 0 Å². The van der Waals surface area contributed by atoms with E-state index in [0.717, 1.165) is 11.3 Å². The van der Waals surface area contributed by atoms with E-state index in [9.17, 15) is 27.6 Å². The van der Waals surface area contributed by atoms with Gasteiger partial charge in [-0.05, 0) is 25.7 Å². The Bertz CT molecular complexity index is 591. The van der Waals surface area contributed by atoms with Crippen LogP contribution in [0.15, 0.2) is 0 Å². The molecule has 1 aliphatic carbocycles. The van der Waals surface area contributed by atoms with Gasteiger partial charge in [0, 0.05) is 19.5 Å². The maximum atomic E-state index is 13.0. The van der Waals surface area contributed by atoms with Gasteiger partial charge in [0.1, 0.15) is 0 Å². The molecule has 3 amide bonds. The summed E-state index contributed by atoms with van der Waals surface area (Å²) in [6, 6.07) is -1.05. The fourth-order valence-corrected chi connectivity index (χ4v) is 4.01. The number of likely N-dealkylation sites (tertiary alicyclic amines) is 1. The average Bonchev–Trinajstić information content (AvgIpc) is 2.93. The highest BCUT2D eigenvalue weighted by molar-refractivity contribution is 5.80. The molecular formula is C15H20F3N3O4. The molecule has 0 aromatic rings. The monoisotopic (exact) mass is 363 g/mol. The summed E-state index contributed by atoms with van der Waals surface area (Å²) in [7, 11) is 0. The Morgan fingerprint density at radius 3 is 2.44 bits per heavy atom. The van der Waals surface area contributed by atoms with Crippen molar-refractivity contribution in [2.24, 2.45) is 11.8 Å². The van der Waals surface area contributed by atoms with Crippen LogP contribution >= 0.6 is 0 Å². The van der Waals surface area contributed by atoms with Crippen molar-refractivity contribution in [2.75, 3.05) is 13.1 Å². The first kappa shape index (κ1) is 17.8. The van der Waals surface area contributed by atoms with E-state index in [4.69, 9.17) is 5.11 Å². The Kier molecular flexibility index (Phi) is 4.32. The zero-order valence-electron chi connectivity index (χ0n) is 13.4. The minimum atomic E-state index is -4.67. The van der Waals surface area contributed by atoms with Crippen LogP contribution in [0.25, 0.3) is 0 Å². The fourth-order valence-electron chi connectivity index (χ4n) is 4.01. The summed E-state index contributed by atoms with van der Waals surface area (Å²) < 4.78 is 39.1. The zero-order valence-corrected chi connectivity index (χ0v) is 13.4. The van der Waals surface area contributed by atoms with E-state index in [1.165, 1.54) is 0 Å². The Balaban J connectivity index is 1.67. The topological polar surface area (TPSA) is 98.7 Å². The molecule has 2 heterocycles. The summed E-state index contributed by atoms with van der Waals surface area (Å²) in [5.41, 5.74) is -0.514. The normalized spacial score (nSPS) is 31.4. The molecule has 2 saturated heterocycles. The highest BCUT2D eigenvalue weighted by atomic mass is 19.4. The average molecular weight is 363 g/mol. The number of halogens is 3. The highest BCUT2D eigenvalue weighted by Gasteiger charge is 2.54. The van der Waals surface area contributed by atoms with Crippen molar-refractivity contribution in [3.05, 3.63) is 0 Å². The van der Waals surface area contributed by atoms with Crippen LogP contribution in [-0.2, 0) is 9.59 Å². The standard InChI is InChI=1S/C15H20F3N3O4/c16-15(17,18)9-7-21(6-8(9)12(23)24)13(25)19-10-2-3-11(22)20-14(10)4-1-5-14/h8-10H,1-7H2,(H,19,25)(H,20,22)(H,23,24)/t8-,9-,10?/m1/s1. The predicted molar refractivity (Wildman–Crippen MR) is 78.5 cm³/mol. The first-order valence-corrected chi connectivity index (χ1v) is 8.28. The lowest BCUT2D eigenvalue weighted by Crippen LogP contribution is -2.69. The molecule has 3 N–H and O–H groups in total. The number of carbonyl (C=O) groups excluding carboxylic acids is 2. The van der Waals surface area contributed by atoms with Gasteiger partial charge in [-0.25, -0.2) is 4.79 Å². The number of piperidine rings is 1. The number of aliphatic carboxylic acids is 1. The molecule has 1 spiro atoms. The number of amides is 3. The third-order valence-electron chi connectivity index (χ3n) is 5.60. The predicted octanol–water partition coefficient (Wildman–Crippen LogP) is 1.09. The maximum Gasteiger partial charge on any atom is 0.394 e. The number of hydrogen-bond donors (Lipinski definition) is 3. The van der Waals surface area contributed by atoms with Crippen LogP contribution in [0.1, 0.15) is 32.1 Å². The zero-order chi connectivity index (χ0) is 18.4. The lowest BCUT2D eigenvalue weighted by molar-refractivity contribution is -0.187. The summed E-state index contributed by atoms with van der Waals surface area (Å²) in [5, 5.41) is 14.6. The Hall–Kier alpha value is -2.00. The number of urea groups is 1. The Morgan fingerprint density at radius 1 is 1.28 bits per heavy atom. The van der Waals surface area contributed by atoms with E-state index in [-0.39, 0.29) is 18.4 Å². The van der Waals surface area contributed by atoms with Gasteiger partial charge in [-0.1, -0.05) is 0 Å². The molecule has 3 fully saturated rings. The molecule has 10 heteroatoms. The molecule has 3 atom stereocenters. The van der Waals surface area contributed by atoms with Crippen molar-refractivity contribution in [2.45, 2.75) is 49.9 Å². The van der Waals surface area contributed by atoms with Crippen LogP contribution in [0.5, 0.6) is 0 Å². The molecule has 140 valence electrons. The molecule has 1 saturated carbocycles. The molecule has 25 heavy (non-hydrogen) atoms. The van der Waals surface area contributed by atoms with Crippen LogP contribution in [0, 0.1) is 11.8 Å². The Labute approximate surface area is 141 Å². The third kappa shape index (κ3) is 3.25. The molecule has 0 aromatic carbocycles.